The van der Waals surface area contributed by atoms with Gasteiger partial charge in [-0.2, -0.15) is 5.26 Å². The van der Waals surface area contributed by atoms with Gasteiger partial charge in [0, 0.05) is 7.05 Å². The third kappa shape index (κ3) is 3.41. The molecule has 0 saturated heterocycles. The first kappa shape index (κ1) is 9.70. The molecule has 0 aromatic heterocycles. The summed E-state index contributed by atoms with van der Waals surface area (Å²) in [6.07, 6.45) is 1.64. The highest BCUT2D eigenvalue weighted by atomic mass is 16.1. The van der Waals surface area contributed by atoms with Crippen molar-refractivity contribution in [3.05, 3.63) is 11.6 Å². The molecule has 0 fully saturated rings. The Hall–Kier alpha value is -1.30. The highest BCUT2D eigenvalue weighted by Crippen LogP contribution is 2.00. The minimum atomic E-state index is -0.318. The molecule has 3 nitrogen and oxygen atoms in total. The summed E-state index contributed by atoms with van der Waals surface area (Å²) in [6.45, 7) is 3.83. The van der Waals surface area contributed by atoms with Gasteiger partial charge in [-0.1, -0.05) is 19.9 Å². The van der Waals surface area contributed by atoms with Crippen molar-refractivity contribution in [3.63, 3.8) is 0 Å². The Labute approximate surface area is 66.7 Å². The van der Waals surface area contributed by atoms with Crippen molar-refractivity contribution < 1.29 is 4.79 Å². The van der Waals surface area contributed by atoms with Gasteiger partial charge < -0.3 is 5.32 Å². The summed E-state index contributed by atoms with van der Waals surface area (Å²) >= 11 is 0. The monoisotopic (exact) mass is 152 g/mol. The van der Waals surface area contributed by atoms with Gasteiger partial charge in [-0.3, -0.25) is 4.79 Å². The molecule has 0 heterocycles. The fourth-order valence-corrected chi connectivity index (χ4v) is 0.632. The van der Waals surface area contributed by atoms with E-state index in [1.54, 1.807) is 6.08 Å². The number of carbonyl (C=O) groups excluding carboxylic acids is 1. The van der Waals surface area contributed by atoms with Gasteiger partial charge in [0.25, 0.3) is 5.91 Å². The van der Waals surface area contributed by atoms with E-state index in [9.17, 15) is 4.79 Å². The molecule has 0 aliphatic heterocycles. The maximum Gasteiger partial charge on any atom is 0.261 e. The lowest BCUT2D eigenvalue weighted by Crippen LogP contribution is -2.19. The number of rotatable bonds is 2. The average Bonchev–Trinajstić information content (AvgIpc) is 1.98. The maximum atomic E-state index is 10.9. The summed E-state index contributed by atoms with van der Waals surface area (Å²) in [7, 11) is 1.51. The Balaban J connectivity index is 4.43. The first-order valence-corrected chi connectivity index (χ1v) is 3.45. The lowest BCUT2D eigenvalue weighted by molar-refractivity contribution is -0.116. The van der Waals surface area contributed by atoms with Crippen LogP contribution in [0.4, 0.5) is 0 Å². The van der Waals surface area contributed by atoms with Crippen molar-refractivity contribution >= 4 is 5.91 Å². The molecule has 1 amide bonds. The van der Waals surface area contributed by atoms with Gasteiger partial charge in [0.05, 0.1) is 0 Å². The van der Waals surface area contributed by atoms with E-state index in [1.165, 1.54) is 7.05 Å². The highest BCUT2D eigenvalue weighted by molar-refractivity contribution is 5.96. The second-order valence-electron chi connectivity index (χ2n) is 2.52. The molecule has 11 heavy (non-hydrogen) atoms. The van der Waals surface area contributed by atoms with Crippen molar-refractivity contribution in [3.8, 4) is 6.07 Å². The molecule has 0 aromatic rings. The van der Waals surface area contributed by atoms with Crippen LogP contribution in [0.1, 0.15) is 13.8 Å². The van der Waals surface area contributed by atoms with Gasteiger partial charge in [-0.05, 0) is 5.92 Å². The van der Waals surface area contributed by atoms with Crippen LogP contribution in [0, 0.1) is 17.2 Å². The zero-order valence-electron chi connectivity index (χ0n) is 7.01. The zero-order valence-corrected chi connectivity index (χ0v) is 7.01. The fourth-order valence-electron chi connectivity index (χ4n) is 0.632. The number of carbonyl (C=O) groups is 1. The number of nitrogens with one attached hydrogen (secondary N) is 1. The minimum absolute atomic E-state index is 0.183. The van der Waals surface area contributed by atoms with Crippen molar-refractivity contribution in [1.29, 1.82) is 5.26 Å². The van der Waals surface area contributed by atoms with Crippen LogP contribution in [-0.4, -0.2) is 13.0 Å². The summed E-state index contributed by atoms with van der Waals surface area (Å²) in [6, 6.07) is 1.83. The Morgan fingerprint density at radius 1 is 1.64 bits per heavy atom. The Kier molecular flexibility index (Phi) is 3.97. The molecule has 0 atom stereocenters. The summed E-state index contributed by atoms with van der Waals surface area (Å²) in [5, 5.41) is 10.9. The van der Waals surface area contributed by atoms with E-state index in [-0.39, 0.29) is 17.4 Å². The molecule has 1 N–H and O–H groups in total. The van der Waals surface area contributed by atoms with Crippen molar-refractivity contribution in [2.24, 2.45) is 5.92 Å². The minimum Gasteiger partial charge on any atom is -0.354 e. The van der Waals surface area contributed by atoms with Gasteiger partial charge in [-0.15, -0.1) is 0 Å². The topological polar surface area (TPSA) is 52.9 Å². The van der Waals surface area contributed by atoms with Crippen LogP contribution in [0.5, 0.6) is 0 Å². The molecule has 0 saturated carbocycles. The lowest BCUT2D eigenvalue weighted by atomic mass is 10.1. The molecule has 0 aliphatic carbocycles. The number of likely N-dealkylation sites (N-methyl/N-ethyl adjacent to an activating group) is 1. The summed E-state index contributed by atoms with van der Waals surface area (Å²) in [4.78, 5) is 10.9. The summed E-state index contributed by atoms with van der Waals surface area (Å²) in [5.41, 5.74) is 0.183. The number of nitriles is 1. The Morgan fingerprint density at radius 3 is 2.45 bits per heavy atom. The number of hydrogen-bond acceptors (Lipinski definition) is 2. The van der Waals surface area contributed by atoms with Crippen LogP contribution in [0.25, 0.3) is 0 Å². The van der Waals surface area contributed by atoms with Crippen LogP contribution in [0.2, 0.25) is 0 Å². The zero-order chi connectivity index (χ0) is 8.85. The smallest absolute Gasteiger partial charge is 0.261 e. The largest absolute Gasteiger partial charge is 0.354 e. The van der Waals surface area contributed by atoms with E-state index < -0.39 is 0 Å². The van der Waals surface area contributed by atoms with Crippen LogP contribution >= 0.6 is 0 Å². The van der Waals surface area contributed by atoms with Gasteiger partial charge in [0.15, 0.2) is 0 Å². The number of nitrogens with zero attached hydrogens (tertiary/aromatic N) is 1. The van der Waals surface area contributed by atoms with Gasteiger partial charge in [0.2, 0.25) is 0 Å². The Bertz CT molecular complexity index is 211. The molecule has 0 aromatic carbocycles. The standard InChI is InChI=1S/C8H12N2O/c1-6(2)4-7(5-9)8(11)10-3/h4,6H,1-3H3,(H,10,11)/b7-4-. The molecule has 0 unspecified atom stereocenters. The number of hydrogen-bond donors (Lipinski definition) is 1. The van der Waals surface area contributed by atoms with E-state index in [0.29, 0.717) is 0 Å². The number of allylic oxidation sites excluding steroid dienone is 1. The van der Waals surface area contributed by atoms with E-state index in [2.05, 4.69) is 5.32 Å². The van der Waals surface area contributed by atoms with Crippen LogP contribution in [-0.2, 0) is 4.79 Å². The van der Waals surface area contributed by atoms with Crippen molar-refractivity contribution in [1.82, 2.24) is 5.32 Å². The average molecular weight is 152 g/mol. The first-order chi connectivity index (χ1) is 5.11. The van der Waals surface area contributed by atoms with E-state index in [4.69, 9.17) is 5.26 Å². The second-order valence-corrected chi connectivity index (χ2v) is 2.52. The normalized spacial score (nSPS) is 11.0. The molecule has 60 valence electrons. The first-order valence-electron chi connectivity index (χ1n) is 3.45. The molecule has 0 bridgehead atoms. The van der Waals surface area contributed by atoms with E-state index >= 15 is 0 Å². The maximum absolute atomic E-state index is 10.9. The predicted octanol–water partition coefficient (Wildman–Crippen LogP) is 0.838. The molecule has 0 spiro atoms. The third-order valence-corrected chi connectivity index (χ3v) is 1.09. The fraction of sp³-hybridized carbons (Fsp3) is 0.500. The van der Waals surface area contributed by atoms with Gasteiger partial charge in [-0.25, -0.2) is 0 Å². The van der Waals surface area contributed by atoms with Gasteiger partial charge in [0.1, 0.15) is 11.6 Å². The second kappa shape index (κ2) is 4.51. The SMILES string of the molecule is CNC(=O)/C(C#N)=C\C(C)C. The Morgan fingerprint density at radius 2 is 2.18 bits per heavy atom. The lowest BCUT2D eigenvalue weighted by Gasteiger charge is -1.98. The van der Waals surface area contributed by atoms with Crippen molar-refractivity contribution in [2.75, 3.05) is 7.05 Å². The molecule has 3 heteroatoms. The third-order valence-electron chi connectivity index (χ3n) is 1.09. The summed E-state index contributed by atoms with van der Waals surface area (Å²) in [5.74, 6) is -0.0943. The molecule has 0 aliphatic rings. The van der Waals surface area contributed by atoms with Crippen molar-refractivity contribution in [2.45, 2.75) is 13.8 Å². The molecular weight excluding hydrogens is 140 g/mol. The molecule has 0 radical (unpaired) electrons. The quantitative estimate of drug-likeness (QED) is 0.471. The van der Waals surface area contributed by atoms with Crippen LogP contribution in [0.3, 0.4) is 0 Å². The van der Waals surface area contributed by atoms with Crippen LogP contribution < -0.4 is 5.32 Å². The van der Waals surface area contributed by atoms with Gasteiger partial charge >= 0.3 is 0 Å². The van der Waals surface area contributed by atoms with E-state index in [0.717, 1.165) is 0 Å². The predicted molar refractivity (Wildman–Crippen MR) is 42.6 cm³/mol. The number of amides is 1. The highest BCUT2D eigenvalue weighted by Gasteiger charge is 2.05. The molecule has 0 rings (SSSR count). The molecular formula is C8H12N2O. The van der Waals surface area contributed by atoms with E-state index in [1.807, 2.05) is 19.9 Å². The summed E-state index contributed by atoms with van der Waals surface area (Å²) < 4.78 is 0. The van der Waals surface area contributed by atoms with Crippen LogP contribution in [0.15, 0.2) is 11.6 Å².